The molecule has 0 unspecified atom stereocenters. The van der Waals surface area contributed by atoms with Crippen molar-refractivity contribution in [2.45, 2.75) is 11.8 Å². The molecule has 0 aliphatic rings. The van der Waals surface area contributed by atoms with Crippen LogP contribution in [0.2, 0.25) is 0 Å². The molecule has 1 heterocycles. The Morgan fingerprint density at radius 3 is 2.55 bits per heavy atom. The summed E-state index contributed by atoms with van der Waals surface area (Å²) in [5, 5.41) is 0. The molecule has 0 fully saturated rings. The molecule has 8 heteroatoms. The molecular weight excluding hydrogens is 309 g/mol. The third-order valence-corrected chi connectivity index (χ3v) is 4.60. The van der Waals surface area contributed by atoms with Gasteiger partial charge >= 0.3 is 5.69 Å². The molecule has 0 saturated heterocycles. The van der Waals surface area contributed by atoms with E-state index in [1.54, 1.807) is 6.92 Å². The molecule has 0 amide bonds. The van der Waals surface area contributed by atoms with Crippen molar-refractivity contribution in [3.05, 3.63) is 58.3 Å². The summed E-state index contributed by atoms with van der Waals surface area (Å²) in [6.07, 6.45) is 0. The lowest BCUT2D eigenvalue weighted by Crippen LogP contribution is -2.14. The largest absolute Gasteiger partial charge is 0.323 e. The molecule has 0 radical (unpaired) electrons. The predicted molar refractivity (Wildman–Crippen MR) is 80.9 cm³/mol. The Kier molecular flexibility index (Phi) is 3.25. The summed E-state index contributed by atoms with van der Waals surface area (Å²) < 4.78 is 40.4. The van der Waals surface area contributed by atoms with Gasteiger partial charge in [-0.1, -0.05) is 6.07 Å². The molecular formula is C14H12FN3O3S. The number of benzene rings is 2. The van der Waals surface area contributed by atoms with Crippen molar-refractivity contribution in [2.75, 3.05) is 4.72 Å². The first-order chi connectivity index (χ1) is 10.3. The second kappa shape index (κ2) is 4.99. The number of fused-ring (bicyclic) bond motifs is 1. The average molecular weight is 321 g/mol. The number of aromatic nitrogens is 2. The van der Waals surface area contributed by atoms with Crippen LogP contribution < -0.4 is 10.4 Å². The first-order valence-corrected chi connectivity index (χ1v) is 7.84. The van der Waals surface area contributed by atoms with Crippen LogP contribution in [0.5, 0.6) is 0 Å². The summed E-state index contributed by atoms with van der Waals surface area (Å²) in [5.74, 6) is -0.534. The Morgan fingerprint density at radius 2 is 1.77 bits per heavy atom. The van der Waals surface area contributed by atoms with Crippen LogP contribution in [0, 0.1) is 12.7 Å². The van der Waals surface area contributed by atoms with E-state index >= 15 is 0 Å². The average Bonchev–Trinajstić information content (AvgIpc) is 2.81. The molecule has 3 rings (SSSR count). The smallest absolute Gasteiger partial charge is 0.306 e. The van der Waals surface area contributed by atoms with E-state index in [9.17, 15) is 17.6 Å². The van der Waals surface area contributed by atoms with Crippen LogP contribution in [-0.2, 0) is 10.0 Å². The van der Waals surface area contributed by atoms with Gasteiger partial charge in [-0.2, -0.15) is 0 Å². The fraction of sp³-hybridized carbons (Fsp3) is 0.0714. The van der Waals surface area contributed by atoms with Crippen molar-refractivity contribution < 1.29 is 12.8 Å². The van der Waals surface area contributed by atoms with Gasteiger partial charge in [0.2, 0.25) is 0 Å². The summed E-state index contributed by atoms with van der Waals surface area (Å²) in [7, 11) is -3.89. The standard InChI is InChI=1S/C14H12FN3O3S/c1-8-2-3-9(15)6-12(8)18-22(20,21)10-4-5-11-13(7-10)17-14(19)16-11/h2-7,18H,1H3,(H2,16,17,19). The van der Waals surface area contributed by atoms with Gasteiger partial charge in [-0.3, -0.25) is 4.72 Å². The highest BCUT2D eigenvalue weighted by Crippen LogP contribution is 2.22. The maximum atomic E-state index is 13.3. The highest BCUT2D eigenvalue weighted by Gasteiger charge is 2.16. The minimum Gasteiger partial charge on any atom is -0.306 e. The van der Waals surface area contributed by atoms with Gasteiger partial charge < -0.3 is 9.97 Å². The quantitative estimate of drug-likeness (QED) is 0.689. The van der Waals surface area contributed by atoms with Crippen LogP contribution in [0.3, 0.4) is 0 Å². The lowest BCUT2D eigenvalue weighted by atomic mass is 10.2. The van der Waals surface area contributed by atoms with Gasteiger partial charge in [0.25, 0.3) is 10.0 Å². The molecule has 0 bridgehead atoms. The maximum Gasteiger partial charge on any atom is 0.323 e. The second-order valence-corrected chi connectivity index (χ2v) is 6.53. The SMILES string of the molecule is Cc1ccc(F)cc1NS(=O)(=O)c1ccc2[nH]c(=O)[nH]c2c1. The Hall–Kier alpha value is -2.61. The Morgan fingerprint density at radius 1 is 1.05 bits per heavy atom. The van der Waals surface area contributed by atoms with Crippen molar-refractivity contribution in [1.82, 2.24) is 9.97 Å². The van der Waals surface area contributed by atoms with Crippen molar-refractivity contribution in [2.24, 2.45) is 0 Å². The zero-order chi connectivity index (χ0) is 15.9. The number of rotatable bonds is 3. The number of hydrogen-bond acceptors (Lipinski definition) is 3. The molecule has 2 aromatic carbocycles. The van der Waals surface area contributed by atoms with Crippen molar-refractivity contribution in [3.63, 3.8) is 0 Å². The third-order valence-electron chi connectivity index (χ3n) is 3.24. The number of H-pyrrole nitrogens is 2. The monoisotopic (exact) mass is 321 g/mol. The van der Waals surface area contributed by atoms with E-state index < -0.39 is 21.5 Å². The number of hydrogen-bond donors (Lipinski definition) is 3. The van der Waals surface area contributed by atoms with Gasteiger partial charge in [0, 0.05) is 0 Å². The van der Waals surface area contributed by atoms with E-state index in [1.165, 1.54) is 30.3 Å². The lowest BCUT2D eigenvalue weighted by Gasteiger charge is -2.10. The number of sulfonamides is 1. The van der Waals surface area contributed by atoms with Gasteiger partial charge in [0.1, 0.15) is 5.82 Å². The highest BCUT2D eigenvalue weighted by atomic mass is 32.2. The molecule has 0 saturated carbocycles. The van der Waals surface area contributed by atoms with Crippen LogP contribution in [0.15, 0.2) is 46.1 Å². The highest BCUT2D eigenvalue weighted by molar-refractivity contribution is 7.92. The molecule has 114 valence electrons. The number of anilines is 1. The van der Waals surface area contributed by atoms with Gasteiger partial charge in [-0.05, 0) is 42.8 Å². The predicted octanol–water partition coefficient (Wildman–Crippen LogP) is 2.10. The number of nitrogens with one attached hydrogen (secondary N) is 3. The number of aromatic amines is 2. The van der Waals surface area contributed by atoms with E-state index in [4.69, 9.17) is 0 Å². The Bertz CT molecular complexity index is 1020. The Labute approximate surface area is 125 Å². The molecule has 3 N–H and O–H groups in total. The fourth-order valence-corrected chi connectivity index (χ4v) is 3.23. The van der Waals surface area contributed by atoms with E-state index in [0.717, 1.165) is 6.07 Å². The van der Waals surface area contributed by atoms with E-state index in [1.807, 2.05) is 0 Å². The van der Waals surface area contributed by atoms with Crippen LogP contribution in [-0.4, -0.2) is 18.4 Å². The number of aryl methyl sites for hydroxylation is 1. The van der Waals surface area contributed by atoms with Gasteiger partial charge in [0.05, 0.1) is 21.6 Å². The molecule has 0 atom stereocenters. The van der Waals surface area contributed by atoms with Crippen LogP contribution in [0.4, 0.5) is 10.1 Å². The van der Waals surface area contributed by atoms with Crippen molar-refractivity contribution >= 4 is 26.7 Å². The summed E-state index contributed by atoms with van der Waals surface area (Å²) in [6.45, 7) is 1.67. The van der Waals surface area contributed by atoms with Crippen LogP contribution >= 0.6 is 0 Å². The van der Waals surface area contributed by atoms with Gasteiger partial charge in [-0.25, -0.2) is 17.6 Å². The number of imidazole rings is 1. The topological polar surface area (TPSA) is 94.8 Å². The first kappa shape index (κ1) is 14.3. The van der Waals surface area contributed by atoms with Crippen molar-refractivity contribution in [1.29, 1.82) is 0 Å². The first-order valence-electron chi connectivity index (χ1n) is 6.36. The molecule has 1 aromatic heterocycles. The second-order valence-electron chi connectivity index (χ2n) is 4.85. The summed E-state index contributed by atoms with van der Waals surface area (Å²) >= 11 is 0. The minimum absolute atomic E-state index is 0.0288. The van der Waals surface area contributed by atoms with Gasteiger partial charge in [-0.15, -0.1) is 0 Å². The minimum atomic E-state index is -3.89. The van der Waals surface area contributed by atoms with Crippen LogP contribution in [0.25, 0.3) is 11.0 Å². The third kappa shape index (κ3) is 2.60. The summed E-state index contributed by atoms with van der Waals surface area (Å²) in [4.78, 5) is 16.2. The maximum absolute atomic E-state index is 13.3. The molecule has 6 nitrogen and oxygen atoms in total. The van der Waals surface area contributed by atoms with Gasteiger partial charge in [0.15, 0.2) is 0 Å². The molecule has 3 aromatic rings. The zero-order valence-electron chi connectivity index (χ0n) is 11.5. The summed E-state index contributed by atoms with van der Waals surface area (Å²) in [5.41, 5.74) is 1.23. The Balaban J connectivity index is 2.03. The van der Waals surface area contributed by atoms with Crippen LogP contribution in [0.1, 0.15) is 5.56 Å². The van der Waals surface area contributed by atoms with Crippen molar-refractivity contribution in [3.8, 4) is 0 Å². The summed E-state index contributed by atoms with van der Waals surface area (Å²) in [6, 6.07) is 8.04. The van der Waals surface area contributed by atoms with E-state index in [2.05, 4.69) is 14.7 Å². The lowest BCUT2D eigenvalue weighted by molar-refractivity contribution is 0.601. The molecule has 0 aliphatic heterocycles. The molecule has 0 spiro atoms. The number of halogens is 1. The normalized spacial score (nSPS) is 11.7. The fourth-order valence-electron chi connectivity index (χ4n) is 2.09. The molecule has 22 heavy (non-hydrogen) atoms. The van der Waals surface area contributed by atoms with E-state index in [-0.39, 0.29) is 10.6 Å². The molecule has 0 aliphatic carbocycles. The van der Waals surface area contributed by atoms with E-state index in [0.29, 0.717) is 16.6 Å². The zero-order valence-corrected chi connectivity index (χ0v) is 12.3.